The molecule has 0 aliphatic rings. The molecule has 0 amide bonds. The molecule has 0 fully saturated rings. The van der Waals surface area contributed by atoms with Gasteiger partial charge in [-0.2, -0.15) is 4.98 Å². The van der Waals surface area contributed by atoms with E-state index in [1.807, 2.05) is 84.3 Å². The molecule has 2 aromatic heterocycles. The van der Waals surface area contributed by atoms with Crippen LogP contribution in [0.15, 0.2) is 94.6 Å². The summed E-state index contributed by atoms with van der Waals surface area (Å²) in [7, 11) is 0. The predicted octanol–water partition coefficient (Wildman–Crippen LogP) is 5.60. The fourth-order valence-corrected chi connectivity index (χ4v) is 4.34. The Morgan fingerprint density at radius 1 is 0.882 bits per heavy atom. The summed E-state index contributed by atoms with van der Waals surface area (Å²) in [4.78, 5) is 4.55. The van der Waals surface area contributed by atoms with Crippen molar-refractivity contribution in [2.45, 2.75) is 24.3 Å². The molecule has 0 saturated carbocycles. The molecule has 0 aliphatic heterocycles. The van der Waals surface area contributed by atoms with Crippen molar-refractivity contribution in [1.29, 1.82) is 0 Å². The van der Waals surface area contributed by atoms with Gasteiger partial charge in [-0.25, -0.2) is 0 Å². The van der Waals surface area contributed by atoms with Crippen molar-refractivity contribution in [1.82, 2.24) is 24.9 Å². The maximum atomic E-state index is 5.60. The summed E-state index contributed by atoms with van der Waals surface area (Å²) in [6.07, 6.45) is 0.634. The van der Waals surface area contributed by atoms with E-state index < -0.39 is 0 Å². The molecule has 170 valence electrons. The standard InChI is InChI=1S/C26H23N5O2S/c1-2-32-22-15-13-21(14-16-22)31-25(20-11-7-4-8-12-20)28-29-26(31)34-18-24-27-23(30-33-24)17-19-9-5-3-6-10-19/h3-16H,2,17-18H2,1H3. The van der Waals surface area contributed by atoms with Crippen molar-refractivity contribution in [3.05, 3.63) is 102 Å². The van der Waals surface area contributed by atoms with Crippen molar-refractivity contribution in [2.75, 3.05) is 6.61 Å². The molecule has 0 atom stereocenters. The molecule has 0 unspecified atom stereocenters. The number of thioether (sulfide) groups is 1. The Kier molecular flexibility index (Phi) is 6.67. The highest BCUT2D eigenvalue weighted by Crippen LogP contribution is 2.30. The van der Waals surface area contributed by atoms with Crippen LogP contribution in [0.4, 0.5) is 0 Å². The summed E-state index contributed by atoms with van der Waals surface area (Å²) >= 11 is 1.51. The SMILES string of the molecule is CCOc1ccc(-n2c(SCc3nc(Cc4ccccc4)no3)nnc2-c2ccccc2)cc1. The van der Waals surface area contributed by atoms with Crippen LogP contribution in [0.2, 0.25) is 0 Å². The largest absolute Gasteiger partial charge is 0.494 e. The summed E-state index contributed by atoms with van der Waals surface area (Å²) in [6.45, 7) is 2.59. The first-order valence-corrected chi connectivity index (χ1v) is 12.0. The van der Waals surface area contributed by atoms with Crippen LogP contribution in [0.25, 0.3) is 17.1 Å². The van der Waals surface area contributed by atoms with Gasteiger partial charge in [-0.05, 0) is 36.8 Å². The average molecular weight is 470 g/mol. The average Bonchev–Trinajstić information content (AvgIpc) is 3.51. The number of benzene rings is 3. The van der Waals surface area contributed by atoms with E-state index in [9.17, 15) is 0 Å². The molecule has 2 heterocycles. The minimum atomic E-state index is 0.492. The molecule has 0 radical (unpaired) electrons. The topological polar surface area (TPSA) is 78.9 Å². The van der Waals surface area contributed by atoms with Gasteiger partial charge < -0.3 is 9.26 Å². The van der Waals surface area contributed by atoms with Crippen LogP contribution in [0.3, 0.4) is 0 Å². The lowest BCUT2D eigenvalue weighted by Crippen LogP contribution is -2.00. The number of hydrogen-bond donors (Lipinski definition) is 0. The first kappa shape index (κ1) is 21.9. The summed E-state index contributed by atoms with van der Waals surface area (Å²) in [5.41, 5.74) is 3.08. The highest BCUT2D eigenvalue weighted by molar-refractivity contribution is 7.98. The van der Waals surface area contributed by atoms with Gasteiger partial charge in [-0.3, -0.25) is 4.57 Å². The van der Waals surface area contributed by atoms with Gasteiger partial charge in [0.15, 0.2) is 16.8 Å². The zero-order valence-corrected chi connectivity index (χ0v) is 19.5. The second-order valence-electron chi connectivity index (χ2n) is 7.49. The number of hydrogen-bond acceptors (Lipinski definition) is 7. The quantitative estimate of drug-likeness (QED) is 0.260. The van der Waals surface area contributed by atoms with Gasteiger partial charge in [-0.1, -0.05) is 77.6 Å². The summed E-state index contributed by atoms with van der Waals surface area (Å²) < 4.78 is 13.1. The molecular weight excluding hydrogens is 446 g/mol. The fraction of sp³-hybridized carbons (Fsp3) is 0.154. The Morgan fingerprint density at radius 2 is 1.62 bits per heavy atom. The van der Waals surface area contributed by atoms with E-state index >= 15 is 0 Å². The molecule has 0 aliphatic carbocycles. The van der Waals surface area contributed by atoms with Crippen LogP contribution in [-0.4, -0.2) is 31.5 Å². The Balaban J connectivity index is 1.39. The van der Waals surface area contributed by atoms with Crippen LogP contribution in [0.5, 0.6) is 5.75 Å². The lowest BCUT2D eigenvalue weighted by Gasteiger charge is -2.11. The van der Waals surface area contributed by atoms with Crippen LogP contribution < -0.4 is 4.74 Å². The number of nitrogens with zero attached hydrogens (tertiary/aromatic N) is 5. The van der Waals surface area contributed by atoms with Gasteiger partial charge in [0, 0.05) is 17.7 Å². The van der Waals surface area contributed by atoms with E-state index in [2.05, 4.69) is 32.5 Å². The Morgan fingerprint density at radius 3 is 2.35 bits per heavy atom. The van der Waals surface area contributed by atoms with Crippen molar-refractivity contribution in [2.24, 2.45) is 0 Å². The van der Waals surface area contributed by atoms with Gasteiger partial charge in [0.2, 0.25) is 5.89 Å². The van der Waals surface area contributed by atoms with Gasteiger partial charge in [0.05, 0.1) is 12.4 Å². The third-order valence-electron chi connectivity index (χ3n) is 5.11. The maximum Gasteiger partial charge on any atom is 0.237 e. The summed E-state index contributed by atoms with van der Waals surface area (Å²) in [6, 6.07) is 28.0. The summed E-state index contributed by atoms with van der Waals surface area (Å²) in [5.74, 6) is 3.30. The van der Waals surface area contributed by atoms with Crippen LogP contribution in [0, 0.1) is 0 Å². The van der Waals surface area contributed by atoms with Gasteiger partial charge in [0.1, 0.15) is 5.75 Å². The van der Waals surface area contributed by atoms with E-state index in [1.165, 1.54) is 11.8 Å². The van der Waals surface area contributed by atoms with Crippen molar-refractivity contribution in [3.63, 3.8) is 0 Å². The highest BCUT2D eigenvalue weighted by atomic mass is 32.2. The maximum absolute atomic E-state index is 5.60. The molecular formula is C26H23N5O2S. The third-order valence-corrected chi connectivity index (χ3v) is 6.02. The monoisotopic (exact) mass is 469 g/mol. The van der Waals surface area contributed by atoms with Crippen molar-refractivity contribution >= 4 is 11.8 Å². The molecule has 8 heteroatoms. The third kappa shape index (κ3) is 5.02. The molecule has 0 spiro atoms. The molecule has 5 rings (SSSR count). The first-order chi connectivity index (χ1) is 16.8. The molecule has 7 nitrogen and oxygen atoms in total. The molecule has 34 heavy (non-hydrogen) atoms. The van der Waals surface area contributed by atoms with Crippen molar-refractivity contribution in [3.8, 4) is 22.8 Å². The van der Waals surface area contributed by atoms with Crippen molar-refractivity contribution < 1.29 is 9.26 Å². The van der Waals surface area contributed by atoms with E-state index in [1.54, 1.807) is 0 Å². The van der Waals surface area contributed by atoms with E-state index in [0.29, 0.717) is 30.5 Å². The van der Waals surface area contributed by atoms with Crippen LogP contribution in [-0.2, 0) is 12.2 Å². The van der Waals surface area contributed by atoms with Crippen LogP contribution >= 0.6 is 11.8 Å². The minimum Gasteiger partial charge on any atom is -0.494 e. The summed E-state index contributed by atoms with van der Waals surface area (Å²) in [5, 5.41) is 13.8. The Bertz CT molecular complexity index is 1330. The lowest BCUT2D eigenvalue weighted by atomic mass is 10.1. The Labute approximate surface area is 201 Å². The van der Waals surface area contributed by atoms with Crippen LogP contribution in [0.1, 0.15) is 24.2 Å². The van der Waals surface area contributed by atoms with Gasteiger partial charge in [-0.15, -0.1) is 10.2 Å². The molecule has 0 N–H and O–H groups in total. The predicted molar refractivity (Wildman–Crippen MR) is 131 cm³/mol. The van der Waals surface area contributed by atoms with E-state index in [-0.39, 0.29) is 0 Å². The highest BCUT2D eigenvalue weighted by Gasteiger charge is 2.18. The molecule has 0 bridgehead atoms. The smallest absolute Gasteiger partial charge is 0.237 e. The minimum absolute atomic E-state index is 0.492. The second kappa shape index (κ2) is 10.4. The second-order valence-corrected chi connectivity index (χ2v) is 8.43. The van der Waals surface area contributed by atoms with E-state index in [4.69, 9.17) is 9.26 Å². The zero-order valence-electron chi connectivity index (χ0n) is 18.7. The zero-order chi connectivity index (χ0) is 23.2. The number of aromatic nitrogens is 5. The first-order valence-electron chi connectivity index (χ1n) is 11.0. The normalized spacial score (nSPS) is 11.0. The lowest BCUT2D eigenvalue weighted by molar-refractivity contribution is 0.340. The molecule has 5 aromatic rings. The van der Waals surface area contributed by atoms with Gasteiger partial charge in [0.25, 0.3) is 0 Å². The molecule has 3 aromatic carbocycles. The number of ether oxygens (including phenoxy) is 1. The van der Waals surface area contributed by atoms with Gasteiger partial charge >= 0.3 is 0 Å². The van der Waals surface area contributed by atoms with E-state index in [0.717, 1.165) is 33.5 Å². The fourth-order valence-electron chi connectivity index (χ4n) is 3.55. The Hall–Kier alpha value is -3.91. The number of rotatable bonds is 9. The molecule has 0 saturated heterocycles.